The molecular formula is C14H18N4O. The molecule has 0 amide bonds. The van der Waals surface area contributed by atoms with Crippen molar-refractivity contribution in [2.75, 3.05) is 24.8 Å². The zero-order chi connectivity index (χ0) is 13.8. The summed E-state index contributed by atoms with van der Waals surface area (Å²) in [5, 5.41) is 0. The summed E-state index contributed by atoms with van der Waals surface area (Å²) in [5.41, 5.74) is 8.56. The average Bonchev–Trinajstić information content (AvgIpc) is 2.41. The molecule has 0 unspecified atom stereocenters. The Morgan fingerprint density at radius 1 is 1.21 bits per heavy atom. The van der Waals surface area contributed by atoms with Crippen LogP contribution in [0, 0.1) is 6.92 Å². The molecule has 0 aliphatic heterocycles. The van der Waals surface area contributed by atoms with Crippen molar-refractivity contribution in [1.29, 1.82) is 0 Å². The second-order valence-electron chi connectivity index (χ2n) is 4.43. The first kappa shape index (κ1) is 13.1. The number of anilines is 2. The van der Waals surface area contributed by atoms with Gasteiger partial charge in [-0.25, -0.2) is 9.97 Å². The van der Waals surface area contributed by atoms with Gasteiger partial charge in [0.05, 0.1) is 12.7 Å². The van der Waals surface area contributed by atoms with E-state index in [-0.39, 0.29) is 0 Å². The summed E-state index contributed by atoms with van der Waals surface area (Å²) in [6, 6.07) is 7.83. The molecule has 2 aromatic rings. The summed E-state index contributed by atoms with van der Waals surface area (Å²) in [5.74, 6) is 1.47. The Balaban J connectivity index is 2.20. The first-order valence-corrected chi connectivity index (χ1v) is 6.03. The van der Waals surface area contributed by atoms with Gasteiger partial charge in [0.2, 0.25) is 5.88 Å². The zero-order valence-corrected chi connectivity index (χ0v) is 11.4. The standard InChI is InChI=1S/C14H18N4O/c1-10-13(16-9-17-14(10)19-3)18(2)8-11-4-6-12(15)7-5-11/h4-7,9H,8,15H2,1-3H3. The molecule has 2 N–H and O–H groups in total. The van der Waals surface area contributed by atoms with Crippen LogP contribution in [0.4, 0.5) is 11.5 Å². The Morgan fingerprint density at radius 2 is 1.89 bits per heavy atom. The lowest BCUT2D eigenvalue weighted by Gasteiger charge is -2.20. The minimum Gasteiger partial charge on any atom is -0.481 e. The van der Waals surface area contributed by atoms with Gasteiger partial charge in [-0.1, -0.05) is 12.1 Å². The van der Waals surface area contributed by atoms with Gasteiger partial charge in [-0.2, -0.15) is 0 Å². The monoisotopic (exact) mass is 258 g/mol. The van der Waals surface area contributed by atoms with Crippen LogP contribution in [0.3, 0.4) is 0 Å². The van der Waals surface area contributed by atoms with E-state index in [0.29, 0.717) is 5.88 Å². The minimum absolute atomic E-state index is 0.606. The van der Waals surface area contributed by atoms with Crippen molar-refractivity contribution in [3.05, 3.63) is 41.7 Å². The summed E-state index contributed by atoms with van der Waals surface area (Å²) in [6.07, 6.45) is 1.51. The van der Waals surface area contributed by atoms with Crippen molar-refractivity contribution in [1.82, 2.24) is 9.97 Å². The van der Waals surface area contributed by atoms with Crippen molar-refractivity contribution in [2.24, 2.45) is 0 Å². The zero-order valence-electron chi connectivity index (χ0n) is 11.4. The molecule has 5 nitrogen and oxygen atoms in total. The van der Waals surface area contributed by atoms with Crippen LogP contribution in [0.1, 0.15) is 11.1 Å². The Hall–Kier alpha value is -2.30. The molecule has 1 aromatic heterocycles. The van der Waals surface area contributed by atoms with Gasteiger partial charge in [-0.15, -0.1) is 0 Å². The molecule has 0 aliphatic rings. The molecule has 1 heterocycles. The van der Waals surface area contributed by atoms with Crippen LogP contribution in [0.25, 0.3) is 0 Å². The normalized spacial score (nSPS) is 10.3. The third kappa shape index (κ3) is 2.93. The lowest BCUT2D eigenvalue weighted by Crippen LogP contribution is -2.19. The van der Waals surface area contributed by atoms with Gasteiger partial charge in [0.15, 0.2) is 0 Å². The molecular weight excluding hydrogens is 240 g/mol. The highest BCUT2D eigenvalue weighted by molar-refractivity contribution is 5.50. The molecule has 0 atom stereocenters. The molecule has 19 heavy (non-hydrogen) atoms. The van der Waals surface area contributed by atoms with Gasteiger partial charge in [0, 0.05) is 19.3 Å². The van der Waals surface area contributed by atoms with Crippen LogP contribution in [-0.4, -0.2) is 24.1 Å². The van der Waals surface area contributed by atoms with E-state index in [1.807, 2.05) is 38.2 Å². The average molecular weight is 258 g/mol. The summed E-state index contributed by atoms with van der Waals surface area (Å²) in [7, 11) is 3.60. The molecule has 0 spiro atoms. The number of benzene rings is 1. The minimum atomic E-state index is 0.606. The maximum atomic E-state index is 5.68. The largest absolute Gasteiger partial charge is 0.481 e. The first-order valence-electron chi connectivity index (χ1n) is 6.03. The van der Waals surface area contributed by atoms with Crippen molar-refractivity contribution in [2.45, 2.75) is 13.5 Å². The second-order valence-corrected chi connectivity index (χ2v) is 4.43. The number of rotatable bonds is 4. The van der Waals surface area contributed by atoms with Crippen LogP contribution in [-0.2, 0) is 6.54 Å². The molecule has 0 fully saturated rings. The Labute approximate surface area is 113 Å². The highest BCUT2D eigenvalue weighted by atomic mass is 16.5. The molecule has 2 rings (SSSR count). The predicted molar refractivity (Wildman–Crippen MR) is 76.3 cm³/mol. The van der Waals surface area contributed by atoms with E-state index in [2.05, 4.69) is 14.9 Å². The molecule has 0 radical (unpaired) electrons. The topological polar surface area (TPSA) is 64.3 Å². The van der Waals surface area contributed by atoms with E-state index in [4.69, 9.17) is 10.5 Å². The van der Waals surface area contributed by atoms with E-state index < -0.39 is 0 Å². The van der Waals surface area contributed by atoms with Crippen LogP contribution in [0.15, 0.2) is 30.6 Å². The molecule has 5 heteroatoms. The van der Waals surface area contributed by atoms with E-state index in [9.17, 15) is 0 Å². The summed E-state index contributed by atoms with van der Waals surface area (Å²) >= 11 is 0. The third-order valence-corrected chi connectivity index (χ3v) is 2.97. The maximum absolute atomic E-state index is 5.68. The number of hydrogen-bond acceptors (Lipinski definition) is 5. The van der Waals surface area contributed by atoms with Gasteiger partial charge >= 0.3 is 0 Å². The summed E-state index contributed by atoms with van der Waals surface area (Å²) in [4.78, 5) is 10.5. The molecule has 0 saturated heterocycles. The van der Waals surface area contributed by atoms with E-state index >= 15 is 0 Å². The quantitative estimate of drug-likeness (QED) is 0.850. The number of methoxy groups -OCH3 is 1. The van der Waals surface area contributed by atoms with Crippen LogP contribution in [0.5, 0.6) is 5.88 Å². The maximum Gasteiger partial charge on any atom is 0.221 e. The van der Waals surface area contributed by atoms with Gasteiger partial charge in [-0.3, -0.25) is 0 Å². The van der Waals surface area contributed by atoms with E-state index in [0.717, 1.165) is 23.6 Å². The second kappa shape index (κ2) is 5.56. The number of ether oxygens (including phenoxy) is 1. The molecule has 1 aromatic carbocycles. The van der Waals surface area contributed by atoms with Gasteiger partial charge in [0.25, 0.3) is 0 Å². The highest BCUT2D eigenvalue weighted by Crippen LogP contribution is 2.23. The van der Waals surface area contributed by atoms with E-state index in [1.54, 1.807) is 7.11 Å². The van der Waals surface area contributed by atoms with Crippen molar-refractivity contribution < 1.29 is 4.74 Å². The van der Waals surface area contributed by atoms with Gasteiger partial charge in [0.1, 0.15) is 12.1 Å². The Bertz CT molecular complexity index is 554. The van der Waals surface area contributed by atoms with Crippen molar-refractivity contribution in [3.63, 3.8) is 0 Å². The van der Waals surface area contributed by atoms with Crippen molar-refractivity contribution in [3.8, 4) is 5.88 Å². The van der Waals surface area contributed by atoms with Crippen LogP contribution < -0.4 is 15.4 Å². The summed E-state index contributed by atoms with van der Waals surface area (Å²) in [6.45, 7) is 2.70. The lowest BCUT2D eigenvalue weighted by molar-refractivity contribution is 0.393. The molecule has 0 saturated carbocycles. The predicted octanol–water partition coefficient (Wildman–Crippen LogP) is 2.01. The van der Waals surface area contributed by atoms with Crippen LogP contribution in [0.2, 0.25) is 0 Å². The van der Waals surface area contributed by atoms with Gasteiger partial charge in [-0.05, 0) is 24.6 Å². The number of hydrogen-bond donors (Lipinski definition) is 1. The van der Waals surface area contributed by atoms with Crippen molar-refractivity contribution >= 4 is 11.5 Å². The number of nitrogens with two attached hydrogens (primary N) is 1. The summed E-state index contributed by atoms with van der Waals surface area (Å²) < 4.78 is 5.21. The van der Waals surface area contributed by atoms with Crippen LogP contribution >= 0.6 is 0 Å². The lowest BCUT2D eigenvalue weighted by atomic mass is 10.2. The van der Waals surface area contributed by atoms with Gasteiger partial charge < -0.3 is 15.4 Å². The SMILES string of the molecule is COc1ncnc(N(C)Cc2ccc(N)cc2)c1C. The molecule has 100 valence electrons. The number of aromatic nitrogens is 2. The third-order valence-electron chi connectivity index (χ3n) is 2.97. The fraction of sp³-hybridized carbons (Fsp3) is 0.286. The fourth-order valence-electron chi connectivity index (χ4n) is 1.99. The molecule has 0 aliphatic carbocycles. The Kier molecular flexibility index (Phi) is 3.85. The smallest absolute Gasteiger partial charge is 0.221 e. The highest BCUT2D eigenvalue weighted by Gasteiger charge is 2.11. The number of nitrogen functional groups attached to an aromatic ring is 1. The Morgan fingerprint density at radius 3 is 2.53 bits per heavy atom. The molecule has 0 bridgehead atoms. The first-order chi connectivity index (χ1) is 9.11. The fourth-order valence-corrected chi connectivity index (χ4v) is 1.99. The van der Waals surface area contributed by atoms with E-state index in [1.165, 1.54) is 11.9 Å². The number of nitrogens with zero attached hydrogens (tertiary/aromatic N) is 3.